The number of aromatic nitrogens is 3. The summed E-state index contributed by atoms with van der Waals surface area (Å²) in [4.78, 5) is 28.8. The first-order valence-corrected chi connectivity index (χ1v) is 10.0. The Labute approximate surface area is 170 Å². The quantitative estimate of drug-likeness (QED) is 0.750. The smallest absolute Gasteiger partial charge is 0.306 e. The van der Waals surface area contributed by atoms with E-state index in [4.69, 9.17) is 4.74 Å². The lowest BCUT2D eigenvalue weighted by Crippen LogP contribution is -2.50. The average Bonchev–Trinajstić information content (AvgIpc) is 3.07. The van der Waals surface area contributed by atoms with E-state index in [1.165, 1.54) is 0 Å². The first-order valence-electron chi connectivity index (χ1n) is 10.0. The molecular weight excluding hydrogens is 370 g/mol. The molecular formula is C21H27N5O3. The molecule has 1 N–H and O–H groups in total. The van der Waals surface area contributed by atoms with E-state index in [0.717, 1.165) is 47.6 Å². The van der Waals surface area contributed by atoms with Crippen LogP contribution in [0.4, 0.5) is 0 Å². The van der Waals surface area contributed by atoms with Crippen LogP contribution in [0.3, 0.4) is 0 Å². The van der Waals surface area contributed by atoms with Gasteiger partial charge in [-0.2, -0.15) is 10.4 Å². The third-order valence-electron chi connectivity index (χ3n) is 5.53. The molecule has 0 atom stereocenters. The first kappa shape index (κ1) is 20.8. The van der Waals surface area contributed by atoms with Gasteiger partial charge in [-0.25, -0.2) is 9.50 Å². The van der Waals surface area contributed by atoms with Crippen molar-refractivity contribution in [2.75, 3.05) is 6.61 Å². The highest BCUT2D eigenvalue weighted by atomic mass is 16.5. The van der Waals surface area contributed by atoms with Crippen LogP contribution in [0.5, 0.6) is 0 Å². The van der Waals surface area contributed by atoms with E-state index < -0.39 is 17.4 Å². The summed E-state index contributed by atoms with van der Waals surface area (Å²) >= 11 is 0. The van der Waals surface area contributed by atoms with E-state index in [1.54, 1.807) is 4.52 Å². The summed E-state index contributed by atoms with van der Waals surface area (Å²) in [5.41, 5.74) is 3.60. The van der Waals surface area contributed by atoms with Crippen molar-refractivity contribution in [2.45, 2.75) is 71.3 Å². The van der Waals surface area contributed by atoms with E-state index in [9.17, 15) is 14.9 Å². The van der Waals surface area contributed by atoms with Crippen molar-refractivity contribution in [3.05, 3.63) is 28.7 Å². The second kappa shape index (κ2) is 8.60. The van der Waals surface area contributed by atoms with Gasteiger partial charge in [0.25, 0.3) is 5.91 Å². The Balaban J connectivity index is 1.53. The summed E-state index contributed by atoms with van der Waals surface area (Å²) < 4.78 is 6.90. The van der Waals surface area contributed by atoms with E-state index in [-0.39, 0.29) is 13.0 Å². The Hall–Kier alpha value is -2.95. The number of nitrogens with one attached hydrogen (secondary N) is 1. The molecule has 2 heterocycles. The summed E-state index contributed by atoms with van der Waals surface area (Å²) in [7, 11) is 0. The number of hydrogen-bond donors (Lipinski definition) is 1. The van der Waals surface area contributed by atoms with Crippen LogP contribution < -0.4 is 5.32 Å². The molecule has 0 unspecified atom stereocenters. The van der Waals surface area contributed by atoms with Gasteiger partial charge in [0, 0.05) is 23.9 Å². The lowest BCUT2D eigenvalue weighted by molar-refractivity contribution is -0.149. The molecule has 2 aromatic heterocycles. The van der Waals surface area contributed by atoms with Crippen molar-refractivity contribution < 1.29 is 14.3 Å². The van der Waals surface area contributed by atoms with E-state index in [0.29, 0.717) is 19.3 Å². The fourth-order valence-corrected chi connectivity index (χ4v) is 3.97. The van der Waals surface area contributed by atoms with Crippen LogP contribution in [-0.2, 0) is 20.7 Å². The second-order valence-corrected chi connectivity index (χ2v) is 7.78. The van der Waals surface area contributed by atoms with Gasteiger partial charge in [-0.3, -0.25) is 9.59 Å². The topological polar surface area (TPSA) is 109 Å². The number of carbonyl (C=O) groups excluding carboxylic acids is 2. The monoisotopic (exact) mass is 397 g/mol. The minimum absolute atomic E-state index is 0.145. The number of ether oxygens (including phenoxy) is 1. The molecule has 3 rings (SSSR count). The van der Waals surface area contributed by atoms with E-state index >= 15 is 0 Å². The van der Waals surface area contributed by atoms with Crippen molar-refractivity contribution in [1.29, 1.82) is 5.26 Å². The summed E-state index contributed by atoms with van der Waals surface area (Å²) in [6, 6.07) is 4.14. The van der Waals surface area contributed by atoms with Gasteiger partial charge in [-0.15, -0.1) is 0 Å². The Morgan fingerprint density at radius 3 is 2.69 bits per heavy atom. The van der Waals surface area contributed by atoms with Gasteiger partial charge < -0.3 is 10.1 Å². The van der Waals surface area contributed by atoms with Crippen molar-refractivity contribution in [3.8, 4) is 6.07 Å². The van der Waals surface area contributed by atoms with Crippen LogP contribution >= 0.6 is 0 Å². The predicted octanol–water partition coefficient (Wildman–Crippen LogP) is 2.47. The SMILES string of the molecule is Cc1cc2nc(C)c(CCC(=O)OCC(=O)NC3(C#N)CCCCC3)c(C)n2n1. The molecule has 0 saturated heterocycles. The fourth-order valence-electron chi connectivity index (χ4n) is 3.97. The van der Waals surface area contributed by atoms with Crippen LogP contribution in [0.1, 0.15) is 61.2 Å². The molecule has 1 aliphatic rings. The summed E-state index contributed by atoms with van der Waals surface area (Å²) in [5, 5.41) is 16.6. The Morgan fingerprint density at radius 2 is 2.00 bits per heavy atom. The zero-order valence-electron chi connectivity index (χ0n) is 17.2. The summed E-state index contributed by atoms with van der Waals surface area (Å²) in [5.74, 6) is -0.880. The molecule has 1 saturated carbocycles. The Bertz CT molecular complexity index is 967. The minimum atomic E-state index is -0.820. The van der Waals surface area contributed by atoms with Crippen molar-refractivity contribution in [3.63, 3.8) is 0 Å². The predicted molar refractivity (Wildman–Crippen MR) is 106 cm³/mol. The van der Waals surface area contributed by atoms with E-state index in [2.05, 4.69) is 21.5 Å². The highest BCUT2D eigenvalue weighted by Crippen LogP contribution is 2.27. The molecule has 0 aromatic carbocycles. The first-order chi connectivity index (χ1) is 13.8. The molecule has 154 valence electrons. The Kier molecular flexibility index (Phi) is 6.16. The molecule has 0 aliphatic heterocycles. The van der Waals surface area contributed by atoms with Gasteiger partial charge in [0.15, 0.2) is 12.3 Å². The maximum absolute atomic E-state index is 12.2. The molecule has 2 aromatic rings. The number of amides is 1. The fraction of sp³-hybridized carbons (Fsp3) is 0.571. The number of esters is 1. The molecule has 0 spiro atoms. The summed E-state index contributed by atoms with van der Waals surface area (Å²) in [6.45, 7) is 5.41. The zero-order chi connectivity index (χ0) is 21.0. The maximum atomic E-state index is 12.2. The molecule has 8 nitrogen and oxygen atoms in total. The highest BCUT2D eigenvalue weighted by Gasteiger charge is 2.33. The Morgan fingerprint density at radius 1 is 1.28 bits per heavy atom. The standard InChI is InChI=1S/C21H27N5O3/c1-14-11-18-23-15(2)17(16(3)26(18)25-14)7-8-20(28)29-12-19(27)24-21(13-22)9-5-4-6-10-21/h11H,4-10,12H2,1-3H3,(H,24,27). The lowest BCUT2D eigenvalue weighted by Gasteiger charge is -2.31. The molecule has 1 aliphatic carbocycles. The van der Waals surface area contributed by atoms with Crippen LogP contribution in [0, 0.1) is 32.1 Å². The molecule has 8 heteroatoms. The van der Waals surface area contributed by atoms with Crippen molar-refractivity contribution >= 4 is 17.5 Å². The van der Waals surface area contributed by atoms with E-state index in [1.807, 2.05) is 26.8 Å². The van der Waals surface area contributed by atoms with Gasteiger partial charge in [0.2, 0.25) is 0 Å². The van der Waals surface area contributed by atoms with Crippen LogP contribution in [0.25, 0.3) is 5.65 Å². The number of nitriles is 1. The maximum Gasteiger partial charge on any atom is 0.306 e. The molecule has 1 amide bonds. The van der Waals surface area contributed by atoms with Gasteiger partial charge in [0.1, 0.15) is 5.54 Å². The number of rotatable bonds is 6. The van der Waals surface area contributed by atoms with Gasteiger partial charge in [0.05, 0.1) is 11.8 Å². The number of nitrogens with zero attached hydrogens (tertiary/aromatic N) is 4. The van der Waals surface area contributed by atoms with Crippen molar-refractivity contribution in [2.24, 2.45) is 0 Å². The normalized spacial score (nSPS) is 15.7. The molecule has 1 fully saturated rings. The molecule has 29 heavy (non-hydrogen) atoms. The molecule has 0 bridgehead atoms. The van der Waals surface area contributed by atoms with Gasteiger partial charge >= 0.3 is 5.97 Å². The number of carbonyl (C=O) groups is 2. The average molecular weight is 397 g/mol. The van der Waals surface area contributed by atoms with Crippen molar-refractivity contribution in [1.82, 2.24) is 19.9 Å². The number of fused-ring (bicyclic) bond motifs is 1. The number of hydrogen-bond acceptors (Lipinski definition) is 6. The van der Waals surface area contributed by atoms with Gasteiger partial charge in [-0.1, -0.05) is 19.3 Å². The van der Waals surface area contributed by atoms with Crippen LogP contribution in [0.2, 0.25) is 0 Å². The summed E-state index contributed by atoms with van der Waals surface area (Å²) in [6.07, 6.45) is 4.80. The minimum Gasteiger partial charge on any atom is -0.456 e. The lowest BCUT2D eigenvalue weighted by atomic mass is 9.83. The third-order valence-corrected chi connectivity index (χ3v) is 5.53. The molecule has 0 radical (unpaired) electrons. The van der Waals surface area contributed by atoms with Gasteiger partial charge in [-0.05, 0) is 45.6 Å². The highest BCUT2D eigenvalue weighted by molar-refractivity contribution is 5.81. The van der Waals surface area contributed by atoms with Crippen LogP contribution in [-0.4, -0.2) is 38.6 Å². The second-order valence-electron chi connectivity index (χ2n) is 7.78. The third kappa shape index (κ3) is 4.73. The largest absolute Gasteiger partial charge is 0.456 e. The zero-order valence-corrected chi connectivity index (χ0v) is 17.2. The van der Waals surface area contributed by atoms with Crippen LogP contribution in [0.15, 0.2) is 6.07 Å². The number of aryl methyl sites for hydroxylation is 3.